The first-order valence-corrected chi connectivity index (χ1v) is 6.72. The third-order valence-electron chi connectivity index (χ3n) is 2.83. The molecule has 2 aromatic rings. The summed E-state index contributed by atoms with van der Waals surface area (Å²) >= 11 is 3.33. The van der Waals surface area contributed by atoms with Crippen LogP contribution in [0.1, 0.15) is 16.8 Å². The van der Waals surface area contributed by atoms with Crippen LogP contribution < -0.4 is 5.32 Å². The van der Waals surface area contributed by atoms with Gasteiger partial charge in [-0.15, -0.1) is 0 Å². The maximum atomic E-state index is 13.2. The summed E-state index contributed by atoms with van der Waals surface area (Å²) in [5.41, 5.74) is 0.187. The molecule has 0 aliphatic carbocycles. The van der Waals surface area contributed by atoms with Crippen molar-refractivity contribution >= 4 is 15.9 Å². The van der Waals surface area contributed by atoms with Crippen LogP contribution in [-0.4, -0.2) is 16.8 Å². The highest BCUT2D eigenvalue weighted by molar-refractivity contribution is 9.10. The van der Waals surface area contributed by atoms with Crippen LogP contribution in [0.15, 0.2) is 34.9 Å². The summed E-state index contributed by atoms with van der Waals surface area (Å²) in [7, 11) is 1.60. The van der Waals surface area contributed by atoms with E-state index in [0.717, 1.165) is 14.7 Å². The summed E-state index contributed by atoms with van der Waals surface area (Å²) < 4.78 is 41.3. The van der Waals surface area contributed by atoms with E-state index < -0.39 is 11.9 Å². The van der Waals surface area contributed by atoms with Crippen LogP contribution in [0, 0.1) is 0 Å². The Labute approximate surface area is 122 Å². The average molecular weight is 348 g/mol. The Hall–Kier alpha value is -1.34. The number of rotatable bonds is 4. The van der Waals surface area contributed by atoms with E-state index in [1.54, 1.807) is 25.2 Å². The molecule has 0 bridgehead atoms. The van der Waals surface area contributed by atoms with Crippen LogP contribution in [0.4, 0.5) is 13.2 Å². The van der Waals surface area contributed by atoms with Crippen molar-refractivity contribution in [1.82, 2.24) is 15.1 Å². The van der Waals surface area contributed by atoms with E-state index in [9.17, 15) is 13.2 Å². The van der Waals surface area contributed by atoms with Gasteiger partial charge >= 0.3 is 6.18 Å². The van der Waals surface area contributed by atoms with Gasteiger partial charge in [-0.05, 0) is 18.7 Å². The van der Waals surface area contributed by atoms with Gasteiger partial charge in [-0.3, -0.25) is 4.68 Å². The highest BCUT2D eigenvalue weighted by Crippen LogP contribution is 2.32. The highest BCUT2D eigenvalue weighted by atomic mass is 79.9. The molecule has 20 heavy (non-hydrogen) atoms. The smallest absolute Gasteiger partial charge is 0.316 e. The molecule has 0 aliphatic heterocycles. The number of alkyl halides is 3. The van der Waals surface area contributed by atoms with Gasteiger partial charge < -0.3 is 5.32 Å². The molecule has 3 nitrogen and oxygen atoms in total. The van der Waals surface area contributed by atoms with Gasteiger partial charge in [-0.25, -0.2) is 0 Å². The SMILES string of the molecule is CNCc1cnn(Cc2ccccc2Br)c1C(F)(F)F. The monoisotopic (exact) mass is 347 g/mol. The van der Waals surface area contributed by atoms with Crippen molar-refractivity contribution < 1.29 is 13.2 Å². The van der Waals surface area contributed by atoms with Gasteiger partial charge in [-0.1, -0.05) is 34.1 Å². The van der Waals surface area contributed by atoms with E-state index >= 15 is 0 Å². The molecule has 0 unspecified atom stereocenters. The Morgan fingerprint density at radius 3 is 2.55 bits per heavy atom. The highest BCUT2D eigenvalue weighted by Gasteiger charge is 2.37. The van der Waals surface area contributed by atoms with E-state index in [4.69, 9.17) is 0 Å². The first kappa shape index (κ1) is 15.1. The summed E-state index contributed by atoms with van der Waals surface area (Å²) in [6, 6.07) is 7.16. The lowest BCUT2D eigenvalue weighted by Crippen LogP contribution is -2.19. The fourth-order valence-corrected chi connectivity index (χ4v) is 2.39. The normalized spacial score (nSPS) is 11.8. The minimum Gasteiger partial charge on any atom is -0.316 e. The molecule has 7 heteroatoms. The fraction of sp³-hybridized carbons (Fsp3) is 0.308. The van der Waals surface area contributed by atoms with Crippen molar-refractivity contribution in [3.05, 3.63) is 51.8 Å². The van der Waals surface area contributed by atoms with Gasteiger partial charge in [0.25, 0.3) is 0 Å². The Balaban J connectivity index is 2.40. The van der Waals surface area contributed by atoms with Crippen molar-refractivity contribution in [3.63, 3.8) is 0 Å². The van der Waals surface area contributed by atoms with Crippen LogP contribution in [0.25, 0.3) is 0 Å². The van der Waals surface area contributed by atoms with Gasteiger partial charge in [0.15, 0.2) is 0 Å². The Morgan fingerprint density at radius 1 is 1.25 bits per heavy atom. The maximum absolute atomic E-state index is 13.2. The zero-order valence-corrected chi connectivity index (χ0v) is 12.3. The van der Waals surface area contributed by atoms with E-state index in [-0.39, 0.29) is 18.7 Å². The molecule has 0 spiro atoms. The predicted molar refractivity (Wildman–Crippen MR) is 73.2 cm³/mol. The molecule has 108 valence electrons. The molecule has 0 saturated carbocycles. The van der Waals surface area contributed by atoms with Crippen LogP contribution in [0.5, 0.6) is 0 Å². The summed E-state index contributed by atoms with van der Waals surface area (Å²) in [5.74, 6) is 0. The van der Waals surface area contributed by atoms with Crippen LogP contribution in [-0.2, 0) is 19.3 Å². The molecule has 1 aromatic heterocycles. The molecule has 0 fully saturated rings. The second-order valence-corrected chi connectivity index (χ2v) is 5.15. The zero-order valence-electron chi connectivity index (χ0n) is 10.7. The Bertz CT molecular complexity index is 593. The van der Waals surface area contributed by atoms with E-state index in [1.807, 2.05) is 6.07 Å². The molecule has 1 aromatic carbocycles. The van der Waals surface area contributed by atoms with E-state index in [2.05, 4.69) is 26.3 Å². The quantitative estimate of drug-likeness (QED) is 0.918. The van der Waals surface area contributed by atoms with E-state index in [0.29, 0.717) is 0 Å². The lowest BCUT2D eigenvalue weighted by molar-refractivity contribution is -0.144. The summed E-state index contributed by atoms with van der Waals surface area (Å²) in [5, 5.41) is 6.60. The van der Waals surface area contributed by atoms with Crippen molar-refractivity contribution in [2.24, 2.45) is 0 Å². The molecule has 0 radical (unpaired) electrons. The summed E-state index contributed by atoms with van der Waals surface area (Å²) in [6.45, 7) is 0.199. The van der Waals surface area contributed by atoms with Crippen molar-refractivity contribution in [3.8, 4) is 0 Å². The Kier molecular flexibility index (Phi) is 4.49. The van der Waals surface area contributed by atoms with Crippen molar-refractivity contribution in [2.45, 2.75) is 19.3 Å². The van der Waals surface area contributed by atoms with Crippen LogP contribution in [0.3, 0.4) is 0 Å². The standard InChI is InChI=1S/C13H13BrF3N3/c1-18-6-10-7-19-20(12(10)13(15,16)17)8-9-4-2-3-5-11(9)14/h2-5,7,18H,6,8H2,1H3. The number of benzene rings is 1. The van der Waals surface area contributed by atoms with Gasteiger partial charge in [0.05, 0.1) is 12.7 Å². The molecule has 2 rings (SSSR count). The first-order valence-electron chi connectivity index (χ1n) is 5.93. The minimum atomic E-state index is -4.43. The molecular weight excluding hydrogens is 335 g/mol. The molecule has 0 aliphatic rings. The van der Waals surface area contributed by atoms with Gasteiger partial charge in [0.2, 0.25) is 0 Å². The van der Waals surface area contributed by atoms with Gasteiger partial charge in [0, 0.05) is 16.6 Å². The average Bonchev–Trinajstić information content (AvgIpc) is 2.75. The molecule has 1 N–H and O–H groups in total. The fourth-order valence-electron chi connectivity index (χ4n) is 1.98. The van der Waals surface area contributed by atoms with E-state index in [1.165, 1.54) is 6.20 Å². The predicted octanol–water partition coefficient (Wildman–Crippen LogP) is 3.43. The maximum Gasteiger partial charge on any atom is 0.433 e. The number of nitrogens with zero attached hydrogens (tertiary/aromatic N) is 2. The second kappa shape index (κ2) is 5.97. The first-order chi connectivity index (χ1) is 9.43. The third kappa shape index (κ3) is 3.21. The molecular formula is C13H13BrF3N3. The molecule has 0 amide bonds. The molecule has 0 saturated heterocycles. The van der Waals surface area contributed by atoms with Crippen molar-refractivity contribution in [1.29, 1.82) is 0 Å². The van der Waals surface area contributed by atoms with Crippen molar-refractivity contribution in [2.75, 3.05) is 7.05 Å². The summed E-state index contributed by atoms with van der Waals surface area (Å²) in [6.07, 6.45) is -3.17. The lowest BCUT2D eigenvalue weighted by atomic mass is 10.2. The lowest BCUT2D eigenvalue weighted by Gasteiger charge is -2.13. The number of hydrogen-bond donors (Lipinski definition) is 1. The number of aromatic nitrogens is 2. The Morgan fingerprint density at radius 2 is 1.95 bits per heavy atom. The molecule has 0 atom stereocenters. The number of hydrogen-bond acceptors (Lipinski definition) is 2. The topological polar surface area (TPSA) is 29.9 Å². The summed E-state index contributed by atoms with van der Waals surface area (Å²) in [4.78, 5) is 0. The minimum absolute atomic E-state index is 0.0694. The van der Waals surface area contributed by atoms with Gasteiger partial charge in [0.1, 0.15) is 5.69 Å². The van der Waals surface area contributed by atoms with Crippen LogP contribution in [0.2, 0.25) is 0 Å². The molecule has 1 heterocycles. The van der Waals surface area contributed by atoms with Gasteiger partial charge in [-0.2, -0.15) is 18.3 Å². The second-order valence-electron chi connectivity index (χ2n) is 4.30. The number of nitrogens with one attached hydrogen (secondary N) is 1. The zero-order chi connectivity index (χ0) is 14.8. The van der Waals surface area contributed by atoms with Crippen LogP contribution >= 0.6 is 15.9 Å². The number of halogens is 4. The third-order valence-corrected chi connectivity index (χ3v) is 3.60. The largest absolute Gasteiger partial charge is 0.433 e.